The number of aliphatic hydroxyl groups is 4. The van der Waals surface area contributed by atoms with Crippen LogP contribution in [0.5, 0.6) is 0 Å². The lowest BCUT2D eigenvalue weighted by atomic mass is 9.86. The van der Waals surface area contributed by atoms with E-state index in [0.29, 0.717) is 11.3 Å². The minimum atomic E-state index is -1.66. The van der Waals surface area contributed by atoms with Crippen molar-refractivity contribution in [1.29, 1.82) is 0 Å². The summed E-state index contributed by atoms with van der Waals surface area (Å²) in [7, 11) is 1.18. The van der Waals surface area contributed by atoms with Crippen LogP contribution in [0.4, 0.5) is 0 Å². The summed E-state index contributed by atoms with van der Waals surface area (Å²) in [5, 5.41) is 39.6. The van der Waals surface area contributed by atoms with Gasteiger partial charge in [0.25, 0.3) is 0 Å². The second-order valence-corrected chi connectivity index (χ2v) is 7.65. The molecule has 3 heterocycles. The Morgan fingerprint density at radius 2 is 1.94 bits per heavy atom. The van der Waals surface area contributed by atoms with Crippen molar-refractivity contribution in [3.63, 3.8) is 0 Å². The van der Waals surface area contributed by atoms with Crippen LogP contribution in [0, 0.1) is 5.92 Å². The van der Waals surface area contributed by atoms with Crippen molar-refractivity contribution in [2.24, 2.45) is 5.92 Å². The molecule has 0 unspecified atom stereocenters. The van der Waals surface area contributed by atoms with E-state index in [1.54, 1.807) is 25.1 Å². The van der Waals surface area contributed by atoms with Crippen LogP contribution in [-0.2, 0) is 39.9 Å². The van der Waals surface area contributed by atoms with Crippen LogP contribution in [0.15, 0.2) is 46.3 Å². The number of esters is 2. The van der Waals surface area contributed by atoms with E-state index < -0.39 is 61.5 Å². The Balaban J connectivity index is 1.77. The topological polar surface area (TPSA) is 174 Å². The van der Waals surface area contributed by atoms with Crippen LogP contribution in [0.1, 0.15) is 19.1 Å². The molecule has 1 saturated heterocycles. The van der Waals surface area contributed by atoms with Gasteiger partial charge in [0.1, 0.15) is 36.8 Å². The first-order valence-corrected chi connectivity index (χ1v) is 10.5. The van der Waals surface area contributed by atoms with E-state index in [2.05, 4.69) is 0 Å². The Morgan fingerprint density at radius 1 is 1.18 bits per heavy atom. The van der Waals surface area contributed by atoms with Gasteiger partial charge < -0.3 is 48.5 Å². The molecule has 188 valence electrons. The SMILES string of the molecule is C/C=C1/[C@H](O[C@@H]2O[C@H](CO)[C@@H](O)[C@H](O)[C@H]2O)OC=C(C(=O)OC)[C@H]1CC(=O)OCc1ccco1. The lowest BCUT2D eigenvalue weighted by Crippen LogP contribution is -2.60. The highest BCUT2D eigenvalue weighted by Gasteiger charge is 2.46. The molecule has 0 amide bonds. The fraction of sp³-hybridized carbons (Fsp3) is 0.545. The number of hydrogen-bond acceptors (Lipinski definition) is 12. The van der Waals surface area contributed by atoms with Crippen molar-refractivity contribution in [3.8, 4) is 0 Å². The summed E-state index contributed by atoms with van der Waals surface area (Å²) in [5.74, 6) is -1.78. The zero-order valence-electron chi connectivity index (χ0n) is 18.6. The van der Waals surface area contributed by atoms with E-state index in [0.717, 1.165) is 6.26 Å². The highest BCUT2D eigenvalue weighted by atomic mass is 16.8. The van der Waals surface area contributed by atoms with Crippen molar-refractivity contribution in [3.05, 3.63) is 47.6 Å². The van der Waals surface area contributed by atoms with E-state index in [1.165, 1.54) is 13.4 Å². The molecule has 12 nitrogen and oxygen atoms in total. The summed E-state index contributed by atoms with van der Waals surface area (Å²) in [4.78, 5) is 24.8. The molecule has 0 spiro atoms. The molecule has 34 heavy (non-hydrogen) atoms. The Labute approximate surface area is 194 Å². The molecular weight excluding hydrogens is 456 g/mol. The van der Waals surface area contributed by atoms with E-state index in [9.17, 15) is 30.0 Å². The first kappa shape index (κ1) is 25.9. The van der Waals surface area contributed by atoms with Gasteiger partial charge in [0, 0.05) is 11.5 Å². The highest BCUT2D eigenvalue weighted by Crippen LogP contribution is 2.36. The van der Waals surface area contributed by atoms with Gasteiger partial charge in [-0.3, -0.25) is 4.79 Å². The molecule has 4 N–H and O–H groups in total. The smallest absolute Gasteiger partial charge is 0.337 e. The fourth-order valence-corrected chi connectivity index (χ4v) is 3.70. The quantitative estimate of drug-likeness (QED) is 0.276. The van der Waals surface area contributed by atoms with E-state index in [1.807, 2.05) is 0 Å². The summed E-state index contributed by atoms with van der Waals surface area (Å²) in [6.07, 6.45) is -4.96. The molecule has 2 aliphatic rings. The maximum atomic E-state index is 12.5. The minimum Gasteiger partial charge on any atom is -0.468 e. The van der Waals surface area contributed by atoms with Gasteiger partial charge in [0.15, 0.2) is 6.29 Å². The lowest BCUT2D eigenvalue weighted by Gasteiger charge is -2.41. The Hall–Kier alpha value is -2.74. The molecule has 0 saturated carbocycles. The summed E-state index contributed by atoms with van der Waals surface area (Å²) in [6.45, 7) is 0.898. The van der Waals surface area contributed by atoms with Gasteiger partial charge in [0.05, 0.1) is 38.2 Å². The van der Waals surface area contributed by atoms with Gasteiger partial charge >= 0.3 is 11.9 Å². The largest absolute Gasteiger partial charge is 0.468 e. The highest BCUT2D eigenvalue weighted by molar-refractivity contribution is 5.90. The summed E-state index contributed by atoms with van der Waals surface area (Å²) in [6, 6.07) is 3.29. The summed E-state index contributed by atoms with van der Waals surface area (Å²) < 4.78 is 31.7. The third kappa shape index (κ3) is 5.66. The number of aliphatic hydroxyl groups excluding tert-OH is 4. The monoisotopic (exact) mass is 484 g/mol. The van der Waals surface area contributed by atoms with Crippen molar-refractivity contribution < 1.29 is 58.1 Å². The fourth-order valence-electron chi connectivity index (χ4n) is 3.70. The number of methoxy groups -OCH3 is 1. The van der Waals surface area contributed by atoms with Crippen molar-refractivity contribution in [2.45, 2.75) is 56.9 Å². The maximum Gasteiger partial charge on any atom is 0.337 e. The van der Waals surface area contributed by atoms with Gasteiger partial charge in [-0.2, -0.15) is 0 Å². The normalized spacial score (nSPS) is 32.6. The molecule has 1 aromatic heterocycles. The molecule has 1 fully saturated rings. The molecule has 2 aliphatic heterocycles. The van der Waals surface area contributed by atoms with Crippen LogP contribution in [0.3, 0.4) is 0 Å². The molecule has 0 aromatic carbocycles. The van der Waals surface area contributed by atoms with Gasteiger partial charge in [-0.05, 0) is 19.1 Å². The Bertz CT molecular complexity index is 890. The van der Waals surface area contributed by atoms with E-state index in [4.69, 9.17) is 28.1 Å². The number of allylic oxidation sites excluding steroid dienone is 1. The molecule has 7 atom stereocenters. The van der Waals surface area contributed by atoms with Gasteiger partial charge in [-0.15, -0.1) is 0 Å². The van der Waals surface area contributed by atoms with E-state index >= 15 is 0 Å². The first-order chi connectivity index (χ1) is 16.3. The second-order valence-electron chi connectivity index (χ2n) is 7.65. The molecule has 0 bridgehead atoms. The van der Waals surface area contributed by atoms with Crippen LogP contribution in [0.25, 0.3) is 0 Å². The van der Waals surface area contributed by atoms with Gasteiger partial charge in [-0.1, -0.05) is 6.08 Å². The zero-order chi connectivity index (χ0) is 24.8. The number of carbonyl (C=O) groups is 2. The zero-order valence-corrected chi connectivity index (χ0v) is 18.6. The predicted molar refractivity (Wildman–Crippen MR) is 110 cm³/mol. The van der Waals surface area contributed by atoms with Crippen LogP contribution >= 0.6 is 0 Å². The third-order valence-corrected chi connectivity index (χ3v) is 5.56. The average Bonchev–Trinajstić information content (AvgIpc) is 3.36. The number of ether oxygens (including phenoxy) is 5. The molecule has 0 aliphatic carbocycles. The number of furan rings is 1. The number of carbonyl (C=O) groups excluding carboxylic acids is 2. The lowest BCUT2D eigenvalue weighted by molar-refractivity contribution is -0.327. The number of rotatable bonds is 8. The van der Waals surface area contributed by atoms with Crippen molar-refractivity contribution in [2.75, 3.05) is 13.7 Å². The van der Waals surface area contributed by atoms with Gasteiger partial charge in [0.2, 0.25) is 6.29 Å². The second kappa shape index (κ2) is 11.6. The van der Waals surface area contributed by atoms with Crippen LogP contribution < -0.4 is 0 Å². The number of hydrogen-bond donors (Lipinski definition) is 4. The standard InChI is InChI=1S/C22H28O12/c1-3-12-13(7-16(24)31-9-11-5-4-6-30-11)14(20(28)29-2)10-32-21(12)34-22-19(27)18(26)17(25)15(8-23)33-22/h3-6,10,13,15,17-19,21-23,25-27H,7-9H2,1-2H3/b12-3+/t13-,15+,17+,18-,19+,21-,22-/m0/s1. The van der Waals surface area contributed by atoms with Gasteiger partial charge in [-0.25, -0.2) is 4.79 Å². The maximum absolute atomic E-state index is 12.5. The predicted octanol–water partition coefficient (Wildman–Crippen LogP) is -0.495. The average molecular weight is 484 g/mol. The van der Waals surface area contributed by atoms with Crippen molar-refractivity contribution >= 4 is 11.9 Å². The van der Waals surface area contributed by atoms with E-state index in [-0.39, 0.29) is 18.6 Å². The molecule has 0 radical (unpaired) electrons. The minimum absolute atomic E-state index is 0.0409. The molecule has 12 heteroatoms. The Morgan fingerprint density at radius 3 is 2.56 bits per heavy atom. The Kier molecular flexibility index (Phi) is 8.83. The first-order valence-electron chi connectivity index (χ1n) is 10.5. The third-order valence-electron chi connectivity index (χ3n) is 5.56. The molecule has 1 aromatic rings. The molecule has 3 rings (SSSR count). The molecular formula is C22H28O12. The van der Waals surface area contributed by atoms with Crippen LogP contribution in [-0.4, -0.2) is 83.1 Å². The van der Waals surface area contributed by atoms with Crippen LogP contribution in [0.2, 0.25) is 0 Å². The summed E-state index contributed by atoms with van der Waals surface area (Å²) >= 11 is 0. The van der Waals surface area contributed by atoms with Crippen molar-refractivity contribution in [1.82, 2.24) is 0 Å². The summed E-state index contributed by atoms with van der Waals surface area (Å²) in [5.41, 5.74) is 0.369.